The van der Waals surface area contributed by atoms with Crippen molar-refractivity contribution in [2.75, 3.05) is 33.4 Å². The molecule has 1 aromatic carbocycles. The van der Waals surface area contributed by atoms with Crippen LogP contribution in [0.15, 0.2) is 29.2 Å². The normalized spacial score (nSPS) is 23.8. The highest BCUT2D eigenvalue weighted by atomic mass is 32.2. The molecule has 1 aliphatic carbocycles. The van der Waals surface area contributed by atoms with Crippen molar-refractivity contribution < 1.29 is 22.7 Å². The molecule has 29 heavy (non-hydrogen) atoms. The molecule has 1 saturated carbocycles. The molecule has 0 spiro atoms. The van der Waals surface area contributed by atoms with E-state index < -0.39 is 10.0 Å². The Morgan fingerprint density at radius 1 is 1.24 bits per heavy atom. The Labute approximate surface area is 173 Å². The quantitative estimate of drug-likeness (QED) is 0.712. The van der Waals surface area contributed by atoms with Crippen LogP contribution in [0.4, 0.5) is 0 Å². The van der Waals surface area contributed by atoms with Crippen molar-refractivity contribution in [3.63, 3.8) is 0 Å². The Kier molecular flexibility index (Phi) is 7.32. The summed E-state index contributed by atoms with van der Waals surface area (Å²) in [5.41, 5.74) is 0.629. The highest BCUT2D eigenvalue weighted by molar-refractivity contribution is 7.89. The number of ether oxygens (including phenoxy) is 2. The zero-order valence-electron chi connectivity index (χ0n) is 17.1. The van der Waals surface area contributed by atoms with Gasteiger partial charge in [-0.1, -0.05) is 25.8 Å². The smallest absolute Gasteiger partial charge is 0.246 e. The van der Waals surface area contributed by atoms with Crippen molar-refractivity contribution in [1.29, 1.82) is 0 Å². The largest absolute Gasteiger partial charge is 0.495 e. The number of morpholine rings is 1. The Morgan fingerprint density at radius 2 is 1.97 bits per heavy atom. The van der Waals surface area contributed by atoms with E-state index in [1.54, 1.807) is 24.3 Å². The van der Waals surface area contributed by atoms with Gasteiger partial charge in [0, 0.05) is 25.2 Å². The number of carbonyl (C=O) groups excluding carboxylic acids is 1. The number of benzene rings is 1. The van der Waals surface area contributed by atoms with Gasteiger partial charge in [-0.25, -0.2) is 8.42 Å². The summed E-state index contributed by atoms with van der Waals surface area (Å²) in [4.78, 5) is 12.4. The van der Waals surface area contributed by atoms with E-state index in [2.05, 4.69) is 12.2 Å². The Balaban J connectivity index is 1.75. The van der Waals surface area contributed by atoms with Gasteiger partial charge in [0.1, 0.15) is 10.6 Å². The third kappa shape index (κ3) is 5.38. The van der Waals surface area contributed by atoms with Crippen LogP contribution in [0, 0.1) is 5.92 Å². The van der Waals surface area contributed by atoms with E-state index in [4.69, 9.17) is 9.47 Å². The molecular formula is C21H30N2O5S. The highest BCUT2D eigenvalue weighted by Gasteiger charge is 2.29. The van der Waals surface area contributed by atoms with Crippen molar-refractivity contribution in [3.8, 4) is 5.75 Å². The number of sulfonamides is 1. The lowest BCUT2D eigenvalue weighted by Gasteiger charge is -2.29. The topological polar surface area (TPSA) is 84.9 Å². The fraction of sp³-hybridized carbons (Fsp3) is 0.571. The zero-order valence-corrected chi connectivity index (χ0v) is 17.9. The Bertz CT molecular complexity index is 847. The van der Waals surface area contributed by atoms with Crippen LogP contribution in [0.25, 0.3) is 6.08 Å². The van der Waals surface area contributed by atoms with Gasteiger partial charge in [0.25, 0.3) is 0 Å². The van der Waals surface area contributed by atoms with Gasteiger partial charge in [-0.3, -0.25) is 4.79 Å². The average Bonchev–Trinajstić information content (AvgIpc) is 2.74. The SMILES string of the molecule is COc1ccc(/C=C/C(=O)N[C@@H]2CCCC[C@@H]2C)cc1S(=O)(=O)N1CCOCC1. The third-order valence-electron chi connectivity index (χ3n) is 5.64. The van der Waals surface area contributed by atoms with Crippen molar-refractivity contribution in [1.82, 2.24) is 9.62 Å². The fourth-order valence-corrected chi connectivity index (χ4v) is 5.46. The van der Waals surface area contributed by atoms with Crippen molar-refractivity contribution in [2.24, 2.45) is 5.92 Å². The number of amides is 1. The van der Waals surface area contributed by atoms with E-state index in [9.17, 15) is 13.2 Å². The molecule has 0 bridgehead atoms. The first-order valence-electron chi connectivity index (χ1n) is 10.2. The summed E-state index contributed by atoms with van der Waals surface area (Å²) in [5, 5.41) is 3.07. The molecular weight excluding hydrogens is 392 g/mol. The lowest BCUT2D eigenvalue weighted by molar-refractivity contribution is -0.117. The van der Waals surface area contributed by atoms with Crippen LogP contribution < -0.4 is 10.1 Å². The van der Waals surface area contributed by atoms with E-state index >= 15 is 0 Å². The lowest BCUT2D eigenvalue weighted by Crippen LogP contribution is -2.40. The van der Waals surface area contributed by atoms with E-state index in [1.165, 1.54) is 23.9 Å². The molecule has 160 valence electrons. The predicted molar refractivity (Wildman–Crippen MR) is 111 cm³/mol. The van der Waals surface area contributed by atoms with Crippen LogP contribution in [0.2, 0.25) is 0 Å². The molecule has 1 saturated heterocycles. The van der Waals surface area contributed by atoms with E-state index in [1.807, 2.05) is 0 Å². The molecule has 0 radical (unpaired) electrons. The second-order valence-corrected chi connectivity index (χ2v) is 9.54. The summed E-state index contributed by atoms with van der Waals surface area (Å²) < 4.78 is 38.0. The first-order valence-corrected chi connectivity index (χ1v) is 11.6. The number of hydrogen-bond donors (Lipinski definition) is 1. The molecule has 2 atom stereocenters. The fourth-order valence-electron chi connectivity index (χ4n) is 3.86. The van der Waals surface area contributed by atoms with Crippen molar-refractivity contribution in [3.05, 3.63) is 29.8 Å². The maximum absolute atomic E-state index is 13.0. The molecule has 8 heteroatoms. The van der Waals surface area contributed by atoms with Crippen molar-refractivity contribution >= 4 is 22.0 Å². The molecule has 0 aromatic heterocycles. The van der Waals surface area contributed by atoms with Crippen LogP contribution in [0.3, 0.4) is 0 Å². The number of hydrogen-bond acceptors (Lipinski definition) is 5. The van der Waals surface area contributed by atoms with Crippen LogP contribution in [-0.4, -0.2) is 58.1 Å². The molecule has 1 heterocycles. The van der Waals surface area contributed by atoms with Gasteiger partial charge < -0.3 is 14.8 Å². The first-order chi connectivity index (χ1) is 13.9. The highest BCUT2D eigenvalue weighted by Crippen LogP contribution is 2.29. The molecule has 1 aliphatic heterocycles. The van der Waals surface area contributed by atoms with Gasteiger partial charge in [-0.05, 0) is 42.5 Å². The number of rotatable bonds is 6. The zero-order chi connectivity index (χ0) is 20.9. The van der Waals surface area contributed by atoms with E-state index in [0.717, 1.165) is 19.3 Å². The van der Waals surface area contributed by atoms with Gasteiger partial charge >= 0.3 is 0 Å². The summed E-state index contributed by atoms with van der Waals surface area (Å²) in [6.45, 7) is 3.54. The monoisotopic (exact) mass is 422 g/mol. The molecule has 2 aliphatic rings. The predicted octanol–water partition coefficient (Wildman–Crippen LogP) is 2.42. The minimum absolute atomic E-state index is 0.102. The summed E-state index contributed by atoms with van der Waals surface area (Å²) >= 11 is 0. The van der Waals surface area contributed by atoms with Crippen LogP contribution in [-0.2, 0) is 19.6 Å². The van der Waals surface area contributed by atoms with E-state index in [-0.39, 0.29) is 22.6 Å². The lowest BCUT2D eigenvalue weighted by atomic mass is 9.86. The maximum Gasteiger partial charge on any atom is 0.246 e. The second kappa shape index (κ2) is 9.73. The average molecular weight is 423 g/mol. The summed E-state index contributed by atoms with van der Waals surface area (Å²) in [7, 11) is -2.26. The van der Waals surface area contributed by atoms with Crippen molar-refractivity contribution in [2.45, 2.75) is 43.5 Å². The minimum atomic E-state index is -3.70. The molecule has 2 fully saturated rings. The molecule has 1 aromatic rings. The van der Waals surface area contributed by atoms with Crippen LogP contribution in [0.5, 0.6) is 5.75 Å². The second-order valence-electron chi connectivity index (χ2n) is 7.64. The Morgan fingerprint density at radius 3 is 2.66 bits per heavy atom. The minimum Gasteiger partial charge on any atom is -0.495 e. The molecule has 1 amide bonds. The van der Waals surface area contributed by atoms with Crippen LogP contribution >= 0.6 is 0 Å². The van der Waals surface area contributed by atoms with Gasteiger partial charge in [-0.15, -0.1) is 0 Å². The number of carbonyl (C=O) groups is 1. The Hall–Kier alpha value is -1.90. The maximum atomic E-state index is 13.0. The number of nitrogens with one attached hydrogen (secondary N) is 1. The van der Waals surface area contributed by atoms with E-state index in [0.29, 0.717) is 37.8 Å². The third-order valence-corrected chi connectivity index (χ3v) is 7.56. The molecule has 1 N–H and O–H groups in total. The van der Waals surface area contributed by atoms with Crippen LogP contribution in [0.1, 0.15) is 38.2 Å². The first kappa shape index (κ1) is 21.8. The summed E-state index contributed by atoms with van der Waals surface area (Å²) in [6, 6.07) is 5.11. The standard InChI is InChI=1S/C21H30N2O5S/c1-16-5-3-4-6-18(16)22-21(24)10-8-17-7-9-19(27-2)20(15-17)29(25,26)23-11-13-28-14-12-23/h7-10,15-16,18H,3-6,11-14H2,1-2H3,(H,22,24)/b10-8+/t16-,18+/m0/s1. The van der Waals surface area contributed by atoms with Gasteiger partial charge in [0.05, 0.1) is 20.3 Å². The van der Waals surface area contributed by atoms with Gasteiger partial charge in [0.2, 0.25) is 15.9 Å². The number of methoxy groups -OCH3 is 1. The molecule has 3 rings (SSSR count). The molecule has 7 nitrogen and oxygen atoms in total. The summed E-state index contributed by atoms with van der Waals surface area (Å²) in [6.07, 6.45) is 7.60. The summed E-state index contributed by atoms with van der Waals surface area (Å²) in [5.74, 6) is 0.610. The van der Waals surface area contributed by atoms with Gasteiger partial charge in [-0.2, -0.15) is 4.31 Å². The molecule has 0 unspecified atom stereocenters. The van der Waals surface area contributed by atoms with Gasteiger partial charge in [0.15, 0.2) is 0 Å². The number of nitrogens with zero attached hydrogens (tertiary/aromatic N) is 1.